The van der Waals surface area contributed by atoms with Crippen molar-refractivity contribution < 1.29 is 14.3 Å². The molecule has 4 nitrogen and oxygen atoms in total. The van der Waals surface area contributed by atoms with Gasteiger partial charge in [-0.3, -0.25) is 0 Å². The summed E-state index contributed by atoms with van der Waals surface area (Å²) in [5.41, 5.74) is 2.56. The number of nitrogens with zero attached hydrogens (tertiary/aromatic N) is 1. The normalized spacial score (nSPS) is 44.4. The van der Waals surface area contributed by atoms with Gasteiger partial charge in [0.05, 0.1) is 24.2 Å². The number of likely N-dealkylation sites (tertiary alicyclic amines) is 1. The van der Waals surface area contributed by atoms with E-state index in [-0.39, 0.29) is 10.8 Å². The quantitative estimate of drug-likeness (QED) is 0.393. The van der Waals surface area contributed by atoms with Crippen molar-refractivity contribution in [3.63, 3.8) is 0 Å². The molecule has 0 radical (unpaired) electrons. The lowest BCUT2D eigenvalue weighted by atomic mass is 9.45. The molecule has 0 aromatic carbocycles. The predicted molar refractivity (Wildman–Crippen MR) is 135 cm³/mol. The first kappa shape index (κ1) is 23.3. The molecule has 188 valence electrons. The first-order valence-electron chi connectivity index (χ1n) is 14.2. The highest BCUT2D eigenvalue weighted by atomic mass is 16.5. The van der Waals surface area contributed by atoms with Gasteiger partial charge >= 0.3 is 0 Å². The molecule has 1 aromatic rings. The fourth-order valence-electron chi connectivity index (χ4n) is 9.29. The third-order valence-electron chi connectivity index (χ3n) is 11.4. The molecule has 1 aliphatic heterocycles. The van der Waals surface area contributed by atoms with Gasteiger partial charge < -0.3 is 19.2 Å². The summed E-state index contributed by atoms with van der Waals surface area (Å²) in [6.45, 7) is 9.58. The maximum Gasteiger partial charge on any atom is 0.0937 e. The fourth-order valence-corrected chi connectivity index (χ4v) is 9.29. The first-order chi connectivity index (χ1) is 16.4. The summed E-state index contributed by atoms with van der Waals surface area (Å²) in [5.74, 6) is 1.40. The van der Waals surface area contributed by atoms with Gasteiger partial charge in [-0.1, -0.05) is 25.5 Å². The van der Waals surface area contributed by atoms with Crippen molar-refractivity contribution in [3.05, 3.63) is 35.8 Å². The van der Waals surface area contributed by atoms with Crippen LogP contribution < -0.4 is 0 Å². The van der Waals surface area contributed by atoms with Gasteiger partial charge in [0.15, 0.2) is 0 Å². The number of rotatable bonds is 6. The van der Waals surface area contributed by atoms with Crippen LogP contribution in [-0.4, -0.2) is 48.0 Å². The maximum atomic E-state index is 12.3. The Bertz CT molecular complexity index is 889. The molecule has 0 bridgehead atoms. The maximum absolute atomic E-state index is 12.3. The van der Waals surface area contributed by atoms with Crippen molar-refractivity contribution in [3.8, 4) is 0 Å². The summed E-state index contributed by atoms with van der Waals surface area (Å²) >= 11 is 0. The summed E-state index contributed by atoms with van der Waals surface area (Å²) in [6, 6.07) is 2.13. The Morgan fingerprint density at radius 1 is 1.09 bits per heavy atom. The predicted octanol–water partition coefficient (Wildman–Crippen LogP) is 6.31. The van der Waals surface area contributed by atoms with E-state index in [9.17, 15) is 5.11 Å². The molecule has 4 fully saturated rings. The van der Waals surface area contributed by atoms with E-state index in [0.717, 1.165) is 38.7 Å². The minimum atomic E-state index is -0.564. The minimum absolute atomic E-state index is 0.0462. The van der Waals surface area contributed by atoms with Gasteiger partial charge in [0, 0.05) is 18.6 Å². The lowest BCUT2D eigenvalue weighted by Crippen LogP contribution is -2.60. The van der Waals surface area contributed by atoms with Crippen LogP contribution in [-0.2, 0) is 4.74 Å². The molecule has 1 aromatic heterocycles. The summed E-state index contributed by atoms with van der Waals surface area (Å²) < 4.78 is 11.9. The van der Waals surface area contributed by atoms with E-state index >= 15 is 0 Å². The molecule has 34 heavy (non-hydrogen) atoms. The van der Waals surface area contributed by atoms with E-state index in [0.29, 0.717) is 23.9 Å². The molecule has 7 atom stereocenters. The second-order valence-corrected chi connectivity index (χ2v) is 12.8. The number of hydrogen-bond acceptors (Lipinski definition) is 4. The van der Waals surface area contributed by atoms with E-state index in [1.807, 2.05) is 6.26 Å². The summed E-state index contributed by atoms with van der Waals surface area (Å²) in [5, 5.41) is 12.3. The summed E-state index contributed by atoms with van der Waals surface area (Å²) in [4.78, 5) is 2.59. The van der Waals surface area contributed by atoms with E-state index < -0.39 is 5.60 Å². The van der Waals surface area contributed by atoms with Crippen LogP contribution in [0.25, 0.3) is 0 Å². The highest BCUT2D eigenvalue weighted by Gasteiger charge is 2.66. The highest BCUT2D eigenvalue weighted by molar-refractivity contribution is 5.31. The lowest BCUT2D eigenvalue weighted by molar-refractivity contribution is -0.173. The van der Waals surface area contributed by atoms with Gasteiger partial charge in [-0.15, -0.1) is 0 Å². The third-order valence-corrected chi connectivity index (χ3v) is 11.4. The number of aliphatic hydroxyl groups is 1. The molecule has 2 heterocycles. The van der Waals surface area contributed by atoms with Gasteiger partial charge in [-0.2, -0.15) is 0 Å². The topological polar surface area (TPSA) is 45.8 Å². The van der Waals surface area contributed by atoms with Crippen LogP contribution in [0.5, 0.6) is 0 Å². The van der Waals surface area contributed by atoms with Crippen molar-refractivity contribution >= 4 is 0 Å². The Morgan fingerprint density at radius 2 is 1.94 bits per heavy atom. The van der Waals surface area contributed by atoms with Crippen LogP contribution in [0.15, 0.2) is 34.7 Å². The summed E-state index contributed by atoms with van der Waals surface area (Å²) in [6.07, 6.45) is 19.5. The Morgan fingerprint density at radius 3 is 2.74 bits per heavy atom. The molecule has 4 aliphatic carbocycles. The van der Waals surface area contributed by atoms with E-state index in [1.165, 1.54) is 63.7 Å². The van der Waals surface area contributed by atoms with Crippen LogP contribution in [0.3, 0.4) is 0 Å². The van der Waals surface area contributed by atoms with E-state index in [2.05, 4.69) is 30.9 Å². The molecule has 0 amide bonds. The van der Waals surface area contributed by atoms with Crippen molar-refractivity contribution in [1.82, 2.24) is 4.90 Å². The van der Waals surface area contributed by atoms with Gasteiger partial charge in [-0.25, -0.2) is 0 Å². The lowest BCUT2D eigenvalue weighted by Gasteiger charge is -2.61. The van der Waals surface area contributed by atoms with Crippen LogP contribution in [0.2, 0.25) is 0 Å². The van der Waals surface area contributed by atoms with Crippen LogP contribution in [0, 0.1) is 22.7 Å². The van der Waals surface area contributed by atoms with Gasteiger partial charge in [0.25, 0.3) is 0 Å². The van der Waals surface area contributed by atoms with Gasteiger partial charge in [-0.05, 0) is 119 Å². The molecule has 1 saturated heterocycles. The van der Waals surface area contributed by atoms with E-state index in [4.69, 9.17) is 9.15 Å². The average molecular weight is 468 g/mol. The van der Waals surface area contributed by atoms with Crippen molar-refractivity contribution in [2.75, 3.05) is 26.2 Å². The zero-order valence-corrected chi connectivity index (χ0v) is 21.4. The molecule has 1 N–H and O–H groups in total. The van der Waals surface area contributed by atoms with Crippen LogP contribution >= 0.6 is 0 Å². The molecule has 2 unspecified atom stereocenters. The number of fused-ring (bicyclic) bond motifs is 5. The molecule has 6 rings (SSSR count). The second-order valence-electron chi connectivity index (χ2n) is 12.8. The smallest absolute Gasteiger partial charge is 0.0937 e. The Kier molecular flexibility index (Phi) is 6.02. The molecule has 3 saturated carbocycles. The molecule has 0 spiro atoms. The third kappa shape index (κ3) is 3.58. The minimum Gasteiger partial charge on any atom is -0.472 e. The average Bonchev–Trinajstić information content (AvgIpc) is 3.58. The number of hydrogen-bond donors (Lipinski definition) is 1. The van der Waals surface area contributed by atoms with Crippen molar-refractivity contribution in [1.29, 1.82) is 0 Å². The molecular formula is C30H45NO3. The number of ether oxygens (including phenoxy) is 1. The highest BCUT2D eigenvalue weighted by Crippen LogP contribution is 2.69. The SMILES string of the molecule is C[C@]12CCC(OCCCN3CCCC3)CC1=CC[C@@H]1[C@H]2CC[C@]2(C)C(c3ccoc3)CC[C@@]12O. The fraction of sp³-hybridized carbons (Fsp3) is 0.800. The zero-order valence-electron chi connectivity index (χ0n) is 21.4. The Labute approximate surface area is 206 Å². The van der Waals surface area contributed by atoms with Crippen molar-refractivity contribution in [2.24, 2.45) is 22.7 Å². The molecule has 4 heteroatoms. The van der Waals surface area contributed by atoms with Gasteiger partial charge in [0.1, 0.15) is 0 Å². The van der Waals surface area contributed by atoms with E-state index in [1.54, 1.807) is 11.8 Å². The number of allylic oxidation sites excluding steroid dienone is 1. The largest absolute Gasteiger partial charge is 0.472 e. The monoisotopic (exact) mass is 467 g/mol. The molecular weight excluding hydrogens is 422 g/mol. The van der Waals surface area contributed by atoms with Crippen molar-refractivity contribution in [2.45, 2.75) is 102 Å². The van der Waals surface area contributed by atoms with Crippen LogP contribution in [0.4, 0.5) is 0 Å². The van der Waals surface area contributed by atoms with Crippen LogP contribution in [0.1, 0.15) is 96.0 Å². The second kappa shape index (κ2) is 8.78. The standard InChI is InChI=1S/C30H45NO3/c1-28-12-8-24(34-18-5-17-31-15-3-4-16-31)20-23(28)6-7-27-26(28)9-13-29(2)25(10-14-30(27,29)32)22-11-19-33-21-22/h6,11,19,21,24-27,32H,3-5,7-10,12-18,20H2,1-2H3/t24?,25?,26-,27-,28+,29-,30-/m1/s1. The van der Waals surface area contributed by atoms with Gasteiger partial charge in [0.2, 0.25) is 0 Å². The zero-order chi connectivity index (χ0) is 23.4. The Balaban J connectivity index is 1.13. The summed E-state index contributed by atoms with van der Waals surface area (Å²) in [7, 11) is 0. The first-order valence-corrected chi connectivity index (χ1v) is 14.2. The Hall–Kier alpha value is -1.10. The molecule has 5 aliphatic rings. The number of furan rings is 1.